The maximum absolute atomic E-state index is 11.0. The maximum atomic E-state index is 11.0. The molecule has 0 atom stereocenters. The van der Waals surface area contributed by atoms with Crippen LogP contribution >= 0.6 is 0 Å². The Morgan fingerprint density at radius 2 is 1.74 bits per heavy atom. The van der Waals surface area contributed by atoms with Gasteiger partial charge in [-0.05, 0) is 5.56 Å². The van der Waals surface area contributed by atoms with E-state index in [4.69, 9.17) is 9.47 Å². The zero-order valence-corrected chi connectivity index (χ0v) is 10.6. The van der Waals surface area contributed by atoms with E-state index in [2.05, 4.69) is 0 Å². The van der Waals surface area contributed by atoms with E-state index in [0.29, 0.717) is 17.1 Å². The van der Waals surface area contributed by atoms with Crippen molar-refractivity contribution >= 4 is 5.69 Å². The Kier molecular flexibility index (Phi) is 3.66. The zero-order valence-electron chi connectivity index (χ0n) is 10.6. The van der Waals surface area contributed by atoms with E-state index in [1.165, 1.54) is 26.4 Å². The van der Waals surface area contributed by atoms with Gasteiger partial charge in [-0.1, -0.05) is 30.3 Å². The van der Waals surface area contributed by atoms with Crippen LogP contribution in [0.1, 0.15) is 0 Å². The third-order valence-corrected chi connectivity index (χ3v) is 2.76. The molecule has 0 saturated heterocycles. The van der Waals surface area contributed by atoms with Crippen molar-refractivity contribution < 1.29 is 14.4 Å². The highest BCUT2D eigenvalue weighted by Gasteiger charge is 2.18. The summed E-state index contributed by atoms with van der Waals surface area (Å²) in [6, 6.07) is 12.2. The monoisotopic (exact) mass is 259 g/mol. The van der Waals surface area contributed by atoms with Gasteiger partial charge in [0.25, 0.3) is 5.69 Å². The number of methoxy groups -OCH3 is 2. The Morgan fingerprint density at radius 1 is 1.05 bits per heavy atom. The van der Waals surface area contributed by atoms with E-state index in [-0.39, 0.29) is 5.69 Å². The number of non-ortho nitro benzene ring substituents is 1. The molecule has 0 amide bonds. The molecule has 0 spiro atoms. The quantitative estimate of drug-likeness (QED) is 0.624. The van der Waals surface area contributed by atoms with Gasteiger partial charge in [0.1, 0.15) is 0 Å². The van der Waals surface area contributed by atoms with Crippen LogP contribution in [0.3, 0.4) is 0 Å². The van der Waals surface area contributed by atoms with Crippen LogP contribution < -0.4 is 9.47 Å². The van der Waals surface area contributed by atoms with E-state index >= 15 is 0 Å². The number of nitro groups is 1. The summed E-state index contributed by atoms with van der Waals surface area (Å²) in [5, 5.41) is 11.0. The first kappa shape index (κ1) is 12.9. The zero-order chi connectivity index (χ0) is 13.8. The minimum Gasteiger partial charge on any atom is -0.493 e. The van der Waals surface area contributed by atoms with E-state index in [9.17, 15) is 10.1 Å². The van der Waals surface area contributed by atoms with Crippen LogP contribution in [0, 0.1) is 10.1 Å². The van der Waals surface area contributed by atoms with Crippen LogP contribution in [-0.2, 0) is 0 Å². The highest BCUT2D eigenvalue weighted by atomic mass is 16.6. The summed E-state index contributed by atoms with van der Waals surface area (Å²) in [5.41, 5.74) is 1.44. The van der Waals surface area contributed by atoms with Gasteiger partial charge in [-0.3, -0.25) is 10.1 Å². The van der Waals surface area contributed by atoms with Crippen molar-refractivity contribution in [2.45, 2.75) is 0 Å². The number of ether oxygens (including phenoxy) is 2. The fraction of sp³-hybridized carbons (Fsp3) is 0.143. The third-order valence-electron chi connectivity index (χ3n) is 2.76. The van der Waals surface area contributed by atoms with Crippen molar-refractivity contribution in [3.63, 3.8) is 0 Å². The Bertz CT molecular complexity index is 596. The Hall–Kier alpha value is -2.56. The van der Waals surface area contributed by atoms with Crippen LogP contribution in [-0.4, -0.2) is 19.1 Å². The van der Waals surface area contributed by atoms with Crippen molar-refractivity contribution in [1.82, 2.24) is 0 Å². The summed E-state index contributed by atoms with van der Waals surface area (Å²) >= 11 is 0. The summed E-state index contributed by atoms with van der Waals surface area (Å²) in [6.45, 7) is 0. The summed E-state index contributed by atoms with van der Waals surface area (Å²) in [4.78, 5) is 10.5. The molecule has 0 aliphatic rings. The fourth-order valence-corrected chi connectivity index (χ4v) is 1.89. The van der Waals surface area contributed by atoms with Crippen molar-refractivity contribution in [3.05, 3.63) is 52.6 Å². The van der Waals surface area contributed by atoms with Crippen molar-refractivity contribution in [2.24, 2.45) is 0 Å². The van der Waals surface area contributed by atoms with E-state index in [0.717, 1.165) is 5.56 Å². The Labute approximate surface area is 110 Å². The first-order valence-electron chi connectivity index (χ1n) is 5.63. The molecule has 0 bridgehead atoms. The molecule has 5 nitrogen and oxygen atoms in total. The van der Waals surface area contributed by atoms with Crippen LogP contribution in [0.25, 0.3) is 11.1 Å². The molecule has 98 valence electrons. The molecular formula is C14H13NO4. The second-order valence-electron chi connectivity index (χ2n) is 3.85. The predicted molar refractivity (Wildman–Crippen MR) is 71.6 cm³/mol. The second kappa shape index (κ2) is 5.39. The summed E-state index contributed by atoms with van der Waals surface area (Å²) < 4.78 is 10.5. The molecule has 19 heavy (non-hydrogen) atoms. The van der Waals surface area contributed by atoms with Crippen LogP contribution in [0.15, 0.2) is 42.5 Å². The molecule has 2 aromatic rings. The van der Waals surface area contributed by atoms with E-state index < -0.39 is 4.92 Å². The van der Waals surface area contributed by atoms with Crippen LogP contribution in [0.4, 0.5) is 5.69 Å². The molecule has 2 rings (SSSR count). The van der Waals surface area contributed by atoms with Gasteiger partial charge in [0.15, 0.2) is 11.5 Å². The van der Waals surface area contributed by atoms with Gasteiger partial charge < -0.3 is 9.47 Å². The Morgan fingerprint density at radius 3 is 2.26 bits per heavy atom. The average molecular weight is 259 g/mol. The second-order valence-corrected chi connectivity index (χ2v) is 3.85. The third kappa shape index (κ3) is 2.49. The standard InChI is InChI=1S/C14H13NO4/c1-18-13-9-11(15(16)17)8-12(14(13)19-2)10-6-4-3-5-7-10/h3-9H,1-2H3. The number of nitro benzene ring substituents is 1. The molecular weight excluding hydrogens is 246 g/mol. The molecule has 0 radical (unpaired) electrons. The molecule has 0 aromatic heterocycles. The number of hydrogen-bond donors (Lipinski definition) is 0. The van der Waals surface area contributed by atoms with Gasteiger partial charge in [0.2, 0.25) is 0 Å². The minimum absolute atomic E-state index is 0.0310. The number of hydrogen-bond acceptors (Lipinski definition) is 4. The van der Waals surface area contributed by atoms with Gasteiger partial charge in [-0.25, -0.2) is 0 Å². The lowest BCUT2D eigenvalue weighted by atomic mass is 10.0. The number of benzene rings is 2. The molecule has 0 aliphatic carbocycles. The maximum Gasteiger partial charge on any atom is 0.274 e. The molecule has 0 heterocycles. The number of rotatable bonds is 4. The van der Waals surface area contributed by atoms with E-state index in [1.54, 1.807) is 0 Å². The number of nitrogens with zero attached hydrogens (tertiary/aromatic N) is 1. The normalized spacial score (nSPS) is 10.0. The van der Waals surface area contributed by atoms with Crippen molar-refractivity contribution in [2.75, 3.05) is 14.2 Å². The lowest BCUT2D eigenvalue weighted by Gasteiger charge is -2.12. The lowest BCUT2D eigenvalue weighted by Crippen LogP contribution is -1.96. The van der Waals surface area contributed by atoms with E-state index in [1.807, 2.05) is 30.3 Å². The highest BCUT2D eigenvalue weighted by molar-refractivity contribution is 5.76. The highest BCUT2D eigenvalue weighted by Crippen LogP contribution is 2.41. The molecule has 0 N–H and O–H groups in total. The average Bonchev–Trinajstić information content (AvgIpc) is 2.46. The largest absolute Gasteiger partial charge is 0.493 e. The molecule has 0 saturated carbocycles. The van der Waals surface area contributed by atoms with Gasteiger partial charge in [-0.2, -0.15) is 0 Å². The van der Waals surface area contributed by atoms with Gasteiger partial charge in [0, 0.05) is 11.6 Å². The molecule has 2 aromatic carbocycles. The summed E-state index contributed by atoms with van der Waals surface area (Å²) in [7, 11) is 2.96. The van der Waals surface area contributed by atoms with Crippen LogP contribution in [0.2, 0.25) is 0 Å². The lowest BCUT2D eigenvalue weighted by molar-refractivity contribution is -0.384. The van der Waals surface area contributed by atoms with Crippen molar-refractivity contribution in [3.8, 4) is 22.6 Å². The van der Waals surface area contributed by atoms with Gasteiger partial charge in [0.05, 0.1) is 25.2 Å². The van der Waals surface area contributed by atoms with Crippen molar-refractivity contribution in [1.29, 1.82) is 0 Å². The topological polar surface area (TPSA) is 61.6 Å². The molecule has 0 fully saturated rings. The van der Waals surface area contributed by atoms with Crippen LogP contribution in [0.5, 0.6) is 11.5 Å². The van der Waals surface area contributed by atoms with Gasteiger partial charge in [-0.15, -0.1) is 0 Å². The fourth-order valence-electron chi connectivity index (χ4n) is 1.89. The Balaban J connectivity index is 2.70. The SMILES string of the molecule is COc1cc([N+](=O)[O-])cc(-c2ccccc2)c1OC. The summed E-state index contributed by atoms with van der Waals surface area (Å²) in [6.07, 6.45) is 0. The molecule has 0 unspecified atom stereocenters. The predicted octanol–water partition coefficient (Wildman–Crippen LogP) is 3.28. The molecule has 0 aliphatic heterocycles. The smallest absolute Gasteiger partial charge is 0.274 e. The first-order valence-corrected chi connectivity index (χ1v) is 5.63. The van der Waals surface area contributed by atoms with Gasteiger partial charge >= 0.3 is 0 Å². The first-order chi connectivity index (χ1) is 9.17. The minimum atomic E-state index is -0.450. The summed E-state index contributed by atoms with van der Waals surface area (Å²) in [5.74, 6) is 0.829. The molecule has 5 heteroatoms.